The van der Waals surface area contributed by atoms with Crippen LogP contribution in [0.3, 0.4) is 0 Å². The maximum absolute atomic E-state index is 10.1. The molecular weight excluding hydrogens is 160 g/mol. The van der Waals surface area contributed by atoms with Crippen LogP contribution in [-0.4, -0.2) is 41.0 Å². The second-order valence-corrected chi connectivity index (χ2v) is 2.77. The standard InChI is InChI=1S/C7H16N2O3/c1-7(11)6-9(8-12)4-2-3-5-10/h7,10-11H,2-6H2,1H3. The van der Waals surface area contributed by atoms with Crippen LogP contribution in [0.5, 0.6) is 0 Å². The molecule has 0 spiro atoms. The lowest BCUT2D eigenvalue weighted by atomic mass is 10.3. The van der Waals surface area contributed by atoms with Gasteiger partial charge in [-0.15, -0.1) is 4.91 Å². The summed E-state index contributed by atoms with van der Waals surface area (Å²) in [6, 6.07) is 0. The van der Waals surface area contributed by atoms with Crippen LogP contribution in [0.15, 0.2) is 5.29 Å². The summed E-state index contributed by atoms with van der Waals surface area (Å²) in [7, 11) is 0. The topological polar surface area (TPSA) is 73.1 Å². The Morgan fingerprint density at radius 2 is 2.17 bits per heavy atom. The summed E-state index contributed by atoms with van der Waals surface area (Å²) in [5, 5.41) is 21.4. The van der Waals surface area contributed by atoms with Crippen molar-refractivity contribution in [2.24, 2.45) is 5.29 Å². The van der Waals surface area contributed by atoms with Crippen LogP contribution < -0.4 is 0 Å². The molecule has 0 aliphatic carbocycles. The average molecular weight is 176 g/mol. The zero-order valence-corrected chi connectivity index (χ0v) is 7.31. The number of nitroso groups, excluding NO2 is 1. The molecule has 0 rings (SSSR count). The summed E-state index contributed by atoms with van der Waals surface area (Å²) in [6.07, 6.45) is 0.831. The first kappa shape index (κ1) is 11.3. The van der Waals surface area contributed by atoms with Crippen molar-refractivity contribution in [1.82, 2.24) is 5.01 Å². The molecule has 72 valence electrons. The second-order valence-electron chi connectivity index (χ2n) is 2.77. The molecule has 12 heavy (non-hydrogen) atoms. The fourth-order valence-electron chi connectivity index (χ4n) is 0.877. The Morgan fingerprint density at radius 3 is 2.58 bits per heavy atom. The molecule has 2 N–H and O–H groups in total. The van der Waals surface area contributed by atoms with Gasteiger partial charge in [-0.1, -0.05) is 0 Å². The number of aliphatic hydroxyl groups excluding tert-OH is 2. The minimum atomic E-state index is -0.545. The van der Waals surface area contributed by atoms with E-state index in [9.17, 15) is 4.91 Å². The van der Waals surface area contributed by atoms with E-state index in [4.69, 9.17) is 10.2 Å². The summed E-state index contributed by atoms with van der Waals surface area (Å²) >= 11 is 0. The van der Waals surface area contributed by atoms with E-state index in [0.717, 1.165) is 6.42 Å². The van der Waals surface area contributed by atoms with Gasteiger partial charge < -0.3 is 10.2 Å². The average Bonchev–Trinajstić information content (AvgIpc) is 2.02. The number of hydrogen-bond acceptors (Lipinski definition) is 4. The lowest BCUT2D eigenvalue weighted by molar-refractivity contribution is 0.125. The summed E-state index contributed by atoms with van der Waals surface area (Å²) in [5.74, 6) is 0. The van der Waals surface area contributed by atoms with Crippen molar-refractivity contribution < 1.29 is 10.2 Å². The SMILES string of the molecule is CC(O)CN(CCCCO)N=O. The van der Waals surface area contributed by atoms with E-state index < -0.39 is 6.10 Å². The van der Waals surface area contributed by atoms with Crippen LogP contribution >= 0.6 is 0 Å². The van der Waals surface area contributed by atoms with Crippen LogP contribution in [0.25, 0.3) is 0 Å². The van der Waals surface area contributed by atoms with E-state index in [1.54, 1.807) is 6.92 Å². The molecule has 0 aromatic carbocycles. The van der Waals surface area contributed by atoms with Gasteiger partial charge in [-0.05, 0) is 19.8 Å². The lowest BCUT2D eigenvalue weighted by Gasteiger charge is -2.15. The summed E-state index contributed by atoms with van der Waals surface area (Å²) in [6.45, 7) is 2.48. The van der Waals surface area contributed by atoms with Gasteiger partial charge in [-0.3, -0.25) is 5.01 Å². The molecule has 0 radical (unpaired) electrons. The van der Waals surface area contributed by atoms with Crippen molar-refractivity contribution in [3.05, 3.63) is 4.91 Å². The molecule has 0 amide bonds. The van der Waals surface area contributed by atoms with Crippen molar-refractivity contribution in [2.75, 3.05) is 19.7 Å². The fraction of sp³-hybridized carbons (Fsp3) is 1.00. The third-order valence-corrected chi connectivity index (χ3v) is 1.41. The van der Waals surface area contributed by atoms with Crippen LogP contribution in [0.4, 0.5) is 0 Å². The Balaban J connectivity index is 3.46. The normalized spacial score (nSPS) is 12.6. The van der Waals surface area contributed by atoms with Crippen molar-refractivity contribution in [3.63, 3.8) is 0 Å². The predicted octanol–water partition coefficient (Wildman–Crippen LogP) is 0.123. The van der Waals surface area contributed by atoms with Gasteiger partial charge >= 0.3 is 0 Å². The van der Waals surface area contributed by atoms with Gasteiger partial charge in [0, 0.05) is 13.2 Å². The lowest BCUT2D eigenvalue weighted by Crippen LogP contribution is -2.27. The van der Waals surface area contributed by atoms with Crippen LogP contribution in [0.2, 0.25) is 0 Å². The highest BCUT2D eigenvalue weighted by Gasteiger charge is 2.05. The van der Waals surface area contributed by atoms with E-state index in [-0.39, 0.29) is 13.2 Å². The number of aliphatic hydroxyl groups is 2. The van der Waals surface area contributed by atoms with Crippen LogP contribution in [0, 0.1) is 4.91 Å². The minimum absolute atomic E-state index is 0.126. The molecule has 0 saturated carbocycles. The largest absolute Gasteiger partial charge is 0.396 e. The highest BCUT2D eigenvalue weighted by atomic mass is 16.3. The third-order valence-electron chi connectivity index (χ3n) is 1.41. The molecule has 0 heterocycles. The second kappa shape index (κ2) is 7.00. The molecule has 0 aliphatic heterocycles. The highest BCUT2D eigenvalue weighted by Crippen LogP contribution is 1.97. The molecule has 5 nitrogen and oxygen atoms in total. The first-order chi connectivity index (χ1) is 5.70. The van der Waals surface area contributed by atoms with Crippen molar-refractivity contribution in [1.29, 1.82) is 0 Å². The van der Waals surface area contributed by atoms with Gasteiger partial charge in [0.15, 0.2) is 0 Å². The Labute approximate surface area is 71.9 Å². The summed E-state index contributed by atoms with van der Waals surface area (Å²) < 4.78 is 0. The molecule has 0 fully saturated rings. The van der Waals surface area contributed by atoms with Gasteiger partial charge in [0.2, 0.25) is 0 Å². The number of rotatable bonds is 7. The first-order valence-electron chi connectivity index (χ1n) is 4.08. The summed E-state index contributed by atoms with van der Waals surface area (Å²) in [5.41, 5.74) is 0. The molecule has 1 unspecified atom stereocenters. The molecule has 5 heteroatoms. The third kappa shape index (κ3) is 6.06. The minimum Gasteiger partial charge on any atom is -0.396 e. The number of hydrogen-bond donors (Lipinski definition) is 2. The molecule has 1 atom stereocenters. The van der Waals surface area contributed by atoms with E-state index >= 15 is 0 Å². The Kier molecular flexibility index (Phi) is 6.60. The van der Waals surface area contributed by atoms with Gasteiger partial charge in [0.05, 0.1) is 17.9 Å². The first-order valence-corrected chi connectivity index (χ1v) is 4.08. The fourth-order valence-corrected chi connectivity index (χ4v) is 0.877. The number of nitrogens with zero attached hydrogens (tertiary/aromatic N) is 2. The van der Waals surface area contributed by atoms with E-state index in [0.29, 0.717) is 13.0 Å². The molecule has 0 aliphatic rings. The van der Waals surface area contributed by atoms with Crippen molar-refractivity contribution >= 4 is 0 Å². The van der Waals surface area contributed by atoms with E-state index in [1.807, 2.05) is 0 Å². The highest BCUT2D eigenvalue weighted by molar-refractivity contribution is 4.56. The summed E-state index contributed by atoms with van der Waals surface area (Å²) in [4.78, 5) is 10.1. The zero-order valence-electron chi connectivity index (χ0n) is 7.31. The Bertz CT molecular complexity index is 119. The van der Waals surface area contributed by atoms with E-state index in [1.165, 1.54) is 5.01 Å². The Hall–Kier alpha value is -0.680. The quantitative estimate of drug-likeness (QED) is 0.328. The maximum atomic E-state index is 10.1. The van der Waals surface area contributed by atoms with Gasteiger partial charge in [0.25, 0.3) is 0 Å². The smallest absolute Gasteiger partial charge is 0.0704 e. The molecule has 0 aromatic heterocycles. The van der Waals surface area contributed by atoms with Crippen molar-refractivity contribution in [2.45, 2.75) is 25.9 Å². The molecule has 0 saturated heterocycles. The monoisotopic (exact) mass is 176 g/mol. The Morgan fingerprint density at radius 1 is 1.50 bits per heavy atom. The maximum Gasteiger partial charge on any atom is 0.0704 e. The number of unbranched alkanes of at least 4 members (excludes halogenated alkanes) is 1. The molecule has 0 bridgehead atoms. The van der Waals surface area contributed by atoms with Gasteiger partial charge in [-0.25, -0.2) is 0 Å². The van der Waals surface area contributed by atoms with Gasteiger partial charge in [0.1, 0.15) is 0 Å². The van der Waals surface area contributed by atoms with Crippen LogP contribution in [-0.2, 0) is 0 Å². The van der Waals surface area contributed by atoms with E-state index in [2.05, 4.69) is 5.29 Å². The zero-order chi connectivity index (χ0) is 9.40. The predicted molar refractivity (Wildman–Crippen MR) is 45.4 cm³/mol. The molecular formula is C7H16N2O3. The van der Waals surface area contributed by atoms with Crippen molar-refractivity contribution in [3.8, 4) is 0 Å². The van der Waals surface area contributed by atoms with Crippen LogP contribution in [0.1, 0.15) is 19.8 Å². The molecule has 0 aromatic rings. The van der Waals surface area contributed by atoms with Gasteiger partial charge in [-0.2, -0.15) is 0 Å².